The highest BCUT2D eigenvalue weighted by Gasteiger charge is 2.24. The summed E-state index contributed by atoms with van der Waals surface area (Å²) in [7, 11) is 3.07. The molecule has 0 saturated carbocycles. The van der Waals surface area contributed by atoms with Crippen molar-refractivity contribution in [2.45, 2.75) is 19.0 Å². The Labute approximate surface area is 166 Å². The molecule has 1 unspecified atom stereocenters. The first kappa shape index (κ1) is 20.2. The largest absolute Gasteiger partial charge is 0.497 e. The Balaban J connectivity index is 1.65. The van der Waals surface area contributed by atoms with Gasteiger partial charge >= 0.3 is 5.97 Å². The van der Waals surface area contributed by atoms with Crippen LogP contribution in [0.15, 0.2) is 48.5 Å². The summed E-state index contributed by atoms with van der Waals surface area (Å²) in [6.07, 6.45) is 0. The van der Waals surface area contributed by atoms with Gasteiger partial charge < -0.3 is 24.4 Å². The van der Waals surface area contributed by atoms with Crippen LogP contribution in [0.5, 0.6) is 5.75 Å². The first-order chi connectivity index (χ1) is 13.6. The maximum Gasteiger partial charge on any atom is 0.337 e. The molecule has 6 heteroatoms. The number of rotatable bonds is 7. The molecule has 3 rings (SSSR count). The Hall–Kier alpha value is -2.57. The van der Waals surface area contributed by atoms with E-state index in [9.17, 15) is 4.79 Å². The fourth-order valence-corrected chi connectivity index (χ4v) is 3.41. The van der Waals surface area contributed by atoms with Gasteiger partial charge in [-0.1, -0.05) is 12.1 Å². The summed E-state index contributed by atoms with van der Waals surface area (Å²) >= 11 is 0. The summed E-state index contributed by atoms with van der Waals surface area (Å²) in [6.45, 7) is 5.11. The van der Waals surface area contributed by atoms with Crippen molar-refractivity contribution in [3.63, 3.8) is 0 Å². The number of carbonyl (C=O) groups excluding carboxylic acids is 1. The lowest BCUT2D eigenvalue weighted by Crippen LogP contribution is -2.50. The van der Waals surface area contributed by atoms with E-state index in [0.29, 0.717) is 18.8 Å². The number of benzene rings is 2. The Morgan fingerprint density at radius 3 is 2.75 bits per heavy atom. The molecule has 0 bridgehead atoms. The minimum Gasteiger partial charge on any atom is -0.497 e. The fourth-order valence-electron chi connectivity index (χ4n) is 3.41. The van der Waals surface area contributed by atoms with Gasteiger partial charge in [0.25, 0.3) is 0 Å². The molecule has 1 N–H and O–H groups in total. The summed E-state index contributed by atoms with van der Waals surface area (Å²) in [6, 6.07) is 16.1. The van der Waals surface area contributed by atoms with Crippen molar-refractivity contribution in [3.8, 4) is 5.75 Å². The molecule has 0 amide bonds. The van der Waals surface area contributed by atoms with Gasteiger partial charge in [0.05, 0.1) is 39.0 Å². The molecule has 6 nitrogen and oxygen atoms in total. The van der Waals surface area contributed by atoms with Gasteiger partial charge in [-0.05, 0) is 48.9 Å². The summed E-state index contributed by atoms with van der Waals surface area (Å²) in [5.41, 5.74) is 2.82. The minimum atomic E-state index is -0.321. The number of methoxy groups -OCH3 is 2. The topological polar surface area (TPSA) is 60.0 Å². The molecule has 0 aliphatic carbocycles. The van der Waals surface area contributed by atoms with Crippen LogP contribution in [-0.2, 0) is 9.47 Å². The molecule has 0 spiro atoms. The third-order valence-corrected chi connectivity index (χ3v) is 5.10. The summed E-state index contributed by atoms with van der Waals surface area (Å²) < 4.78 is 15.8. The van der Waals surface area contributed by atoms with E-state index < -0.39 is 0 Å². The SMILES string of the molecule is COC(=O)c1ccc(N2CCOCC2CN[C@H](C)c2cccc(OC)c2)cc1. The van der Waals surface area contributed by atoms with Crippen molar-refractivity contribution >= 4 is 11.7 Å². The number of hydrogen-bond acceptors (Lipinski definition) is 6. The Bertz CT molecular complexity index is 778. The molecular weight excluding hydrogens is 356 g/mol. The minimum absolute atomic E-state index is 0.195. The molecular formula is C22H28N2O4. The van der Waals surface area contributed by atoms with Gasteiger partial charge in [-0.15, -0.1) is 0 Å². The average molecular weight is 384 g/mol. The molecule has 150 valence electrons. The quantitative estimate of drug-likeness (QED) is 0.741. The number of nitrogens with one attached hydrogen (secondary N) is 1. The van der Waals surface area contributed by atoms with E-state index in [1.807, 2.05) is 24.3 Å². The van der Waals surface area contributed by atoms with Crippen molar-refractivity contribution in [2.75, 3.05) is 45.4 Å². The molecule has 0 aromatic heterocycles. The zero-order valence-electron chi connectivity index (χ0n) is 16.7. The highest BCUT2D eigenvalue weighted by Crippen LogP contribution is 2.22. The number of ether oxygens (including phenoxy) is 3. The molecule has 2 aromatic carbocycles. The van der Waals surface area contributed by atoms with Gasteiger partial charge in [0.1, 0.15) is 5.75 Å². The van der Waals surface area contributed by atoms with Gasteiger partial charge in [-0.2, -0.15) is 0 Å². The summed E-state index contributed by atoms with van der Waals surface area (Å²) in [5, 5.41) is 3.61. The van der Waals surface area contributed by atoms with E-state index in [-0.39, 0.29) is 18.1 Å². The second-order valence-corrected chi connectivity index (χ2v) is 6.87. The molecule has 1 aliphatic heterocycles. The maximum absolute atomic E-state index is 11.6. The first-order valence-electron chi connectivity index (χ1n) is 9.52. The Morgan fingerprint density at radius 1 is 1.25 bits per heavy atom. The van der Waals surface area contributed by atoms with E-state index in [4.69, 9.17) is 14.2 Å². The standard InChI is InChI=1S/C22H28N2O4/c1-16(18-5-4-6-21(13-18)26-2)23-14-20-15-28-12-11-24(20)19-9-7-17(8-10-19)22(25)27-3/h4-10,13,16,20,23H,11-12,14-15H2,1-3H3/t16-,20?/m1/s1. The number of morpholine rings is 1. The van der Waals surface area contributed by atoms with Crippen molar-refractivity contribution in [2.24, 2.45) is 0 Å². The lowest BCUT2D eigenvalue weighted by Gasteiger charge is -2.38. The van der Waals surface area contributed by atoms with Crippen LogP contribution in [0, 0.1) is 0 Å². The van der Waals surface area contributed by atoms with Crippen LogP contribution >= 0.6 is 0 Å². The van der Waals surface area contributed by atoms with Crippen LogP contribution in [0.3, 0.4) is 0 Å². The van der Waals surface area contributed by atoms with Crippen molar-refractivity contribution in [3.05, 3.63) is 59.7 Å². The fraction of sp³-hybridized carbons (Fsp3) is 0.409. The number of esters is 1. The van der Waals surface area contributed by atoms with E-state index in [0.717, 1.165) is 24.5 Å². The van der Waals surface area contributed by atoms with Crippen molar-refractivity contribution in [1.82, 2.24) is 5.32 Å². The first-order valence-corrected chi connectivity index (χ1v) is 9.52. The lowest BCUT2D eigenvalue weighted by molar-refractivity contribution is 0.0600. The third kappa shape index (κ3) is 4.82. The van der Waals surface area contributed by atoms with Crippen molar-refractivity contribution < 1.29 is 19.0 Å². The monoisotopic (exact) mass is 384 g/mol. The number of carbonyl (C=O) groups is 1. The van der Waals surface area contributed by atoms with Gasteiger partial charge in [-0.3, -0.25) is 0 Å². The van der Waals surface area contributed by atoms with E-state index in [1.54, 1.807) is 19.2 Å². The van der Waals surface area contributed by atoms with E-state index >= 15 is 0 Å². The molecule has 1 aliphatic rings. The van der Waals surface area contributed by atoms with Crippen LogP contribution in [0.4, 0.5) is 5.69 Å². The van der Waals surface area contributed by atoms with Gasteiger partial charge in [0.15, 0.2) is 0 Å². The second kappa shape index (κ2) is 9.57. The highest BCUT2D eigenvalue weighted by atomic mass is 16.5. The molecule has 1 fully saturated rings. The summed E-state index contributed by atoms with van der Waals surface area (Å²) in [5.74, 6) is 0.540. The molecule has 2 aromatic rings. The Kier molecular flexibility index (Phi) is 6.90. The zero-order valence-corrected chi connectivity index (χ0v) is 16.7. The van der Waals surface area contributed by atoms with Crippen LogP contribution < -0.4 is 15.0 Å². The zero-order chi connectivity index (χ0) is 19.9. The van der Waals surface area contributed by atoms with Crippen LogP contribution in [0.2, 0.25) is 0 Å². The predicted octanol–water partition coefficient (Wildman–Crippen LogP) is 3.04. The van der Waals surface area contributed by atoms with Gasteiger partial charge in [0, 0.05) is 24.8 Å². The Morgan fingerprint density at radius 2 is 2.04 bits per heavy atom. The summed E-state index contributed by atoms with van der Waals surface area (Å²) in [4.78, 5) is 14.0. The molecule has 2 atom stereocenters. The van der Waals surface area contributed by atoms with Crippen LogP contribution in [-0.4, -0.2) is 52.5 Å². The van der Waals surface area contributed by atoms with Crippen LogP contribution in [0.1, 0.15) is 28.9 Å². The molecule has 1 heterocycles. The average Bonchev–Trinajstić information content (AvgIpc) is 2.77. The number of nitrogens with zero attached hydrogens (tertiary/aromatic N) is 1. The molecule has 1 saturated heterocycles. The van der Waals surface area contributed by atoms with Crippen LogP contribution in [0.25, 0.3) is 0 Å². The third-order valence-electron chi connectivity index (χ3n) is 5.10. The number of anilines is 1. The normalized spacial score (nSPS) is 17.8. The highest BCUT2D eigenvalue weighted by molar-refractivity contribution is 5.89. The maximum atomic E-state index is 11.6. The van der Waals surface area contributed by atoms with Crippen molar-refractivity contribution in [1.29, 1.82) is 0 Å². The van der Waals surface area contributed by atoms with Gasteiger partial charge in [0.2, 0.25) is 0 Å². The second-order valence-electron chi connectivity index (χ2n) is 6.87. The number of hydrogen-bond donors (Lipinski definition) is 1. The smallest absolute Gasteiger partial charge is 0.337 e. The van der Waals surface area contributed by atoms with Gasteiger partial charge in [-0.25, -0.2) is 4.79 Å². The molecule has 28 heavy (non-hydrogen) atoms. The molecule has 0 radical (unpaired) electrons. The van der Waals surface area contributed by atoms with E-state index in [2.05, 4.69) is 29.3 Å². The predicted molar refractivity (Wildman–Crippen MR) is 109 cm³/mol. The van der Waals surface area contributed by atoms with E-state index in [1.165, 1.54) is 12.7 Å². The lowest BCUT2D eigenvalue weighted by atomic mass is 10.1.